The van der Waals surface area contributed by atoms with E-state index < -0.39 is 0 Å². The van der Waals surface area contributed by atoms with E-state index in [2.05, 4.69) is 5.32 Å². The molecule has 0 radical (unpaired) electrons. The van der Waals surface area contributed by atoms with Gasteiger partial charge in [-0.05, 0) is 56.7 Å². The molecule has 4 heteroatoms. The zero-order valence-corrected chi connectivity index (χ0v) is 14.1. The zero-order valence-electron chi connectivity index (χ0n) is 14.1. The van der Waals surface area contributed by atoms with Crippen LogP contribution in [0.3, 0.4) is 0 Å². The molecule has 0 saturated carbocycles. The highest BCUT2D eigenvalue weighted by Crippen LogP contribution is 2.22. The van der Waals surface area contributed by atoms with E-state index in [9.17, 15) is 4.79 Å². The SMILES string of the molecule is COc1ccc(C(=O)Nc2cccc(C)c2)cc1COC(C)C. The Labute approximate surface area is 137 Å². The van der Waals surface area contributed by atoms with Crippen LogP contribution < -0.4 is 10.1 Å². The summed E-state index contributed by atoms with van der Waals surface area (Å²) in [6.45, 7) is 6.35. The lowest BCUT2D eigenvalue weighted by Crippen LogP contribution is -2.13. The fourth-order valence-electron chi connectivity index (χ4n) is 2.22. The van der Waals surface area contributed by atoms with Gasteiger partial charge in [0, 0.05) is 16.8 Å². The van der Waals surface area contributed by atoms with Gasteiger partial charge in [0.2, 0.25) is 0 Å². The van der Waals surface area contributed by atoms with Crippen LogP contribution in [0.1, 0.15) is 35.3 Å². The molecule has 122 valence electrons. The second-order valence-electron chi connectivity index (χ2n) is 5.71. The topological polar surface area (TPSA) is 47.6 Å². The smallest absolute Gasteiger partial charge is 0.255 e. The van der Waals surface area contributed by atoms with E-state index in [1.807, 2.05) is 51.1 Å². The van der Waals surface area contributed by atoms with E-state index in [0.717, 1.165) is 22.6 Å². The number of methoxy groups -OCH3 is 1. The Morgan fingerprint density at radius 2 is 1.96 bits per heavy atom. The van der Waals surface area contributed by atoms with Crippen LogP contribution in [0.25, 0.3) is 0 Å². The van der Waals surface area contributed by atoms with Crippen LogP contribution in [-0.4, -0.2) is 19.1 Å². The molecule has 0 spiro atoms. The summed E-state index contributed by atoms with van der Waals surface area (Å²) in [4.78, 5) is 12.4. The monoisotopic (exact) mass is 313 g/mol. The molecule has 0 aliphatic rings. The lowest BCUT2D eigenvalue weighted by atomic mass is 10.1. The summed E-state index contributed by atoms with van der Waals surface area (Å²) in [6.07, 6.45) is 0.115. The largest absolute Gasteiger partial charge is 0.496 e. The zero-order chi connectivity index (χ0) is 16.8. The minimum absolute atomic E-state index is 0.115. The first-order valence-electron chi connectivity index (χ1n) is 7.66. The highest BCUT2D eigenvalue weighted by molar-refractivity contribution is 6.04. The van der Waals surface area contributed by atoms with Crippen LogP contribution in [0.2, 0.25) is 0 Å². The normalized spacial score (nSPS) is 10.7. The van der Waals surface area contributed by atoms with Crippen LogP contribution in [0.4, 0.5) is 5.69 Å². The van der Waals surface area contributed by atoms with Crippen molar-refractivity contribution < 1.29 is 14.3 Å². The molecule has 0 aliphatic carbocycles. The van der Waals surface area contributed by atoms with Gasteiger partial charge in [0.05, 0.1) is 19.8 Å². The van der Waals surface area contributed by atoms with E-state index in [4.69, 9.17) is 9.47 Å². The molecule has 2 aromatic carbocycles. The number of rotatable bonds is 6. The Bertz CT molecular complexity index is 680. The highest BCUT2D eigenvalue weighted by Gasteiger charge is 2.11. The van der Waals surface area contributed by atoms with Gasteiger partial charge >= 0.3 is 0 Å². The molecule has 0 fully saturated rings. The molecule has 0 atom stereocenters. The van der Waals surface area contributed by atoms with Gasteiger partial charge in [-0.15, -0.1) is 0 Å². The summed E-state index contributed by atoms with van der Waals surface area (Å²) in [5.74, 6) is 0.571. The number of ether oxygens (including phenoxy) is 2. The van der Waals surface area contributed by atoms with Crippen LogP contribution in [0.5, 0.6) is 5.75 Å². The van der Waals surface area contributed by atoms with E-state index in [1.54, 1.807) is 19.2 Å². The summed E-state index contributed by atoms with van der Waals surface area (Å²) in [7, 11) is 1.61. The van der Waals surface area contributed by atoms with Crippen molar-refractivity contribution in [2.75, 3.05) is 12.4 Å². The lowest BCUT2D eigenvalue weighted by molar-refractivity contribution is 0.0644. The number of hydrogen-bond acceptors (Lipinski definition) is 3. The molecule has 2 rings (SSSR count). The maximum Gasteiger partial charge on any atom is 0.255 e. The molecule has 1 amide bonds. The second kappa shape index (κ2) is 7.79. The van der Waals surface area contributed by atoms with Gasteiger partial charge < -0.3 is 14.8 Å². The number of amides is 1. The van der Waals surface area contributed by atoms with Gasteiger partial charge in [0.25, 0.3) is 5.91 Å². The maximum absolute atomic E-state index is 12.4. The number of anilines is 1. The Morgan fingerprint density at radius 3 is 2.61 bits per heavy atom. The van der Waals surface area contributed by atoms with Crippen LogP contribution in [-0.2, 0) is 11.3 Å². The van der Waals surface area contributed by atoms with Gasteiger partial charge in [0.15, 0.2) is 0 Å². The number of aryl methyl sites for hydroxylation is 1. The van der Waals surface area contributed by atoms with Gasteiger partial charge in [-0.3, -0.25) is 4.79 Å². The predicted octanol–water partition coefficient (Wildman–Crippen LogP) is 4.18. The summed E-state index contributed by atoms with van der Waals surface area (Å²) in [6, 6.07) is 13.1. The van der Waals surface area contributed by atoms with Crippen LogP contribution in [0.15, 0.2) is 42.5 Å². The first kappa shape index (κ1) is 17.0. The van der Waals surface area contributed by atoms with Crippen molar-refractivity contribution in [2.45, 2.75) is 33.5 Å². The van der Waals surface area contributed by atoms with Crippen molar-refractivity contribution >= 4 is 11.6 Å². The molecule has 0 aliphatic heterocycles. The number of carbonyl (C=O) groups is 1. The third kappa shape index (κ3) is 4.83. The Balaban J connectivity index is 2.18. The number of carbonyl (C=O) groups excluding carboxylic acids is 1. The highest BCUT2D eigenvalue weighted by atomic mass is 16.5. The van der Waals surface area contributed by atoms with Gasteiger partial charge in [-0.2, -0.15) is 0 Å². The van der Waals surface area contributed by atoms with Gasteiger partial charge in [-0.25, -0.2) is 0 Å². The van der Waals surface area contributed by atoms with E-state index in [1.165, 1.54) is 0 Å². The lowest BCUT2D eigenvalue weighted by Gasteiger charge is -2.13. The average molecular weight is 313 g/mol. The third-order valence-corrected chi connectivity index (χ3v) is 3.39. The molecule has 0 heterocycles. The Kier molecular flexibility index (Phi) is 5.77. The van der Waals surface area contributed by atoms with Crippen molar-refractivity contribution in [2.24, 2.45) is 0 Å². The maximum atomic E-state index is 12.4. The van der Waals surface area contributed by atoms with Gasteiger partial charge in [-0.1, -0.05) is 12.1 Å². The summed E-state index contributed by atoms with van der Waals surface area (Å²) < 4.78 is 11.0. The van der Waals surface area contributed by atoms with E-state index in [-0.39, 0.29) is 12.0 Å². The summed E-state index contributed by atoms with van der Waals surface area (Å²) >= 11 is 0. The number of nitrogens with one attached hydrogen (secondary N) is 1. The molecule has 1 N–H and O–H groups in total. The molecule has 0 saturated heterocycles. The number of hydrogen-bond donors (Lipinski definition) is 1. The van der Waals surface area contributed by atoms with E-state index >= 15 is 0 Å². The summed E-state index contributed by atoms with van der Waals surface area (Å²) in [5, 5.41) is 2.91. The van der Waals surface area contributed by atoms with E-state index in [0.29, 0.717) is 12.2 Å². The van der Waals surface area contributed by atoms with Crippen molar-refractivity contribution in [3.63, 3.8) is 0 Å². The number of benzene rings is 2. The van der Waals surface area contributed by atoms with Gasteiger partial charge in [0.1, 0.15) is 5.75 Å². The Hall–Kier alpha value is -2.33. The fraction of sp³-hybridized carbons (Fsp3) is 0.316. The van der Waals surface area contributed by atoms with Crippen LogP contribution in [0, 0.1) is 6.92 Å². The minimum Gasteiger partial charge on any atom is -0.496 e. The van der Waals surface area contributed by atoms with Crippen molar-refractivity contribution in [1.82, 2.24) is 0 Å². The quantitative estimate of drug-likeness (QED) is 0.870. The first-order valence-corrected chi connectivity index (χ1v) is 7.66. The standard InChI is InChI=1S/C19H23NO3/c1-13(2)23-12-16-11-15(8-9-18(16)22-4)19(21)20-17-7-5-6-14(3)10-17/h5-11,13H,12H2,1-4H3,(H,20,21). The molecular weight excluding hydrogens is 290 g/mol. The second-order valence-corrected chi connectivity index (χ2v) is 5.71. The molecule has 2 aromatic rings. The average Bonchev–Trinajstić information content (AvgIpc) is 2.52. The van der Waals surface area contributed by atoms with Crippen LogP contribution >= 0.6 is 0 Å². The molecule has 4 nitrogen and oxygen atoms in total. The van der Waals surface area contributed by atoms with Crippen molar-refractivity contribution in [3.8, 4) is 5.75 Å². The molecule has 23 heavy (non-hydrogen) atoms. The third-order valence-electron chi connectivity index (χ3n) is 3.39. The molecular formula is C19H23NO3. The fourth-order valence-corrected chi connectivity index (χ4v) is 2.22. The van der Waals surface area contributed by atoms with Crippen molar-refractivity contribution in [3.05, 3.63) is 59.2 Å². The molecule has 0 unspecified atom stereocenters. The predicted molar refractivity (Wildman–Crippen MR) is 92.1 cm³/mol. The molecule has 0 bridgehead atoms. The first-order chi connectivity index (χ1) is 11.0. The van der Waals surface area contributed by atoms with Crippen molar-refractivity contribution in [1.29, 1.82) is 0 Å². The Morgan fingerprint density at radius 1 is 1.17 bits per heavy atom. The minimum atomic E-state index is -0.149. The molecule has 0 aromatic heterocycles. The summed E-state index contributed by atoms with van der Waals surface area (Å²) in [5.41, 5.74) is 3.32.